The number of hydrogen-bond acceptors (Lipinski definition) is 4. The largest absolute Gasteiger partial charge is 0.454 e. The van der Waals surface area contributed by atoms with Crippen LogP contribution in [-0.2, 0) is 0 Å². The first-order valence-electron chi connectivity index (χ1n) is 21.7. The lowest BCUT2D eigenvalue weighted by Crippen LogP contribution is -2.12. The van der Waals surface area contributed by atoms with Crippen molar-refractivity contribution >= 4 is 78.0 Å². The van der Waals surface area contributed by atoms with Crippen LogP contribution in [0.5, 0.6) is 0 Å². The normalized spacial score (nSPS) is 11.4. The molecule has 4 nitrogen and oxygen atoms in total. The molecule has 12 rings (SSSR count). The number of benzene rings is 10. The first-order valence-corrected chi connectivity index (χ1v) is 21.7. The average Bonchev–Trinajstić information content (AvgIpc) is 3.95. The lowest BCUT2D eigenvalue weighted by Gasteiger charge is -2.29. The summed E-state index contributed by atoms with van der Waals surface area (Å²) < 4.78 is 13.5. The predicted molar refractivity (Wildman–Crippen MR) is 267 cm³/mol. The Hall–Kier alpha value is -8.60. The molecule has 0 saturated heterocycles. The lowest BCUT2D eigenvalue weighted by molar-refractivity contribution is 0.668. The Balaban J connectivity index is 1.07. The summed E-state index contributed by atoms with van der Waals surface area (Å²) in [6.07, 6.45) is 0. The molecule has 0 N–H and O–H groups in total. The highest BCUT2D eigenvalue weighted by atomic mass is 16.3. The molecule has 10 aromatic carbocycles. The van der Waals surface area contributed by atoms with E-state index in [-0.39, 0.29) is 0 Å². The van der Waals surface area contributed by atoms with Crippen LogP contribution in [0.15, 0.2) is 251 Å². The SMILES string of the molecule is c1ccc(-c2cccc(N(c3cccc(-c4ccccc4N(c4cccc(-c5ccccc5)c4)c4cccc5c4oc4ccccc45)c3)c3cccc4c3oc3ccccc34)c2)cc1. The zero-order chi connectivity index (χ0) is 42.4. The van der Waals surface area contributed by atoms with Gasteiger partial charge in [-0.1, -0.05) is 176 Å². The van der Waals surface area contributed by atoms with Crippen LogP contribution in [-0.4, -0.2) is 0 Å². The topological polar surface area (TPSA) is 32.8 Å². The lowest BCUT2D eigenvalue weighted by atomic mass is 9.99. The summed E-state index contributed by atoms with van der Waals surface area (Å²) in [5.41, 5.74) is 16.1. The van der Waals surface area contributed by atoms with Crippen LogP contribution in [0.3, 0.4) is 0 Å². The number of para-hydroxylation sites is 5. The van der Waals surface area contributed by atoms with E-state index in [1.807, 2.05) is 24.3 Å². The van der Waals surface area contributed by atoms with Crippen molar-refractivity contribution in [1.29, 1.82) is 0 Å². The predicted octanol–water partition coefficient (Wildman–Crippen LogP) is 17.4. The second-order valence-electron chi connectivity index (χ2n) is 16.1. The second-order valence-corrected chi connectivity index (χ2v) is 16.1. The zero-order valence-corrected chi connectivity index (χ0v) is 34.8. The van der Waals surface area contributed by atoms with Crippen molar-refractivity contribution in [2.45, 2.75) is 0 Å². The molecule has 0 radical (unpaired) electrons. The molecule has 0 bridgehead atoms. The fourth-order valence-corrected chi connectivity index (χ4v) is 9.29. The molecule has 64 heavy (non-hydrogen) atoms. The second kappa shape index (κ2) is 15.7. The van der Waals surface area contributed by atoms with E-state index in [1.54, 1.807) is 0 Å². The van der Waals surface area contributed by atoms with E-state index in [2.05, 4.69) is 228 Å². The molecule has 302 valence electrons. The summed E-state index contributed by atoms with van der Waals surface area (Å²) in [6, 6.07) is 85.7. The molecule has 0 spiro atoms. The Morgan fingerprint density at radius 3 is 1.19 bits per heavy atom. The van der Waals surface area contributed by atoms with Crippen LogP contribution in [0.1, 0.15) is 0 Å². The summed E-state index contributed by atoms with van der Waals surface area (Å²) in [5.74, 6) is 0. The van der Waals surface area contributed by atoms with Gasteiger partial charge in [0, 0.05) is 44.2 Å². The molecule has 4 heteroatoms. The first-order chi connectivity index (χ1) is 31.7. The van der Waals surface area contributed by atoms with Crippen LogP contribution in [0.2, 0.25) is 0 Å². The van der Waals surface area contributed by atoms with E-state index in [1.165, 1.54) is 0 Å². The van der Waals surface area contributed by atoms with E-state index in [4.69, 9.17) is 8.83 Å². The van der Waals surface area contributed by atoms with E-state index >= 15 is 0 Å². The minimum Gasteiger partial charge on any atom is -0.454 e. The number of furan rings is 2. The van der Waals surface area contributed by atoms with Gasteiger partial charge in [0.05, 0.1) is 17.1 Å². The third-order valence-electron chi connectivity index (χ3n) is 12.2. The smallest absolute Gasteiger partial charge is 0.159 e. The number of hydrogen-bond donors (Lipinski definition) is 0. The third-order valence-corrected chi connectivity index (χ3v) is 12.2. The van der Waals surface area contributed by atoms with Crippen LogP contribution in [0.25, 0.3) is 77.3 Å². The molecule has 0 unspecified atom stereocenters. The number of nitrogens with zero attached hydrogens (tertiary/aromatic N) is 2. The molecule has 0 fully saturated rings. The maximum absolute atomic E-state index is 6.76. The summed E-state index contributed by atoms with van der Waals surface area (Å²) in [5, 5.41) is 4.34. The van der Waals surface area contributed by atoms with Crippen LogP contribution < -0.4 is 9.80 Å². The van der Waals surface area contributed by atoms with Gasteiger partial charge in [-0.05, 0) is 94.5 Å². The van der Waals surface area contributed by atoms with Gasteiger partial charge in [0.15, 0.2) is 11.2 Å². The van der Waals surface area contributed by atoms with Crippen molar-refractivity contribution in [3.05, 3.63) is 243 Å². The van der Waals surface area contributed by atoms with Gasteiger partial charge in [-0.3, -0.25) is 0 Å². The Kier molecular flexibility index (Phi) is 9.12. The first kappa shape index (κ1) is 37.2. The molecule has 0 aliphatic rings. The zero-order valence-electron chi connectivity index (χ0n) is 34.8. The quantitative estimate of drug-likeness (QED) is 0.145. The van der Waals surface area contributed by atoms with Crippen molar-refractivity contribution in [3.8, 4) is 33.4 Å². The minimum atomic E-state index is 0.834. The molecule has 0 aliphatic heterocycles. The van der Waals surface area contributed by atoms with Gasteiger partial charge in [0.2, 0.25) is 0 Å². The van der Waals surface area contributed by atoms with E-state index in [9.17, 15) is 0 Å². The molecule has 0 aliphatic carbocycles. The van der Waals surface area contributed by atoms with Crippen LogP contribution in [0.4, 0.5) is 34.1 Å². The number of rotatable bonds is 9. The van der Waals surface area contributed by atoms with Crippen LogP contribution >= 0.6 is 0 Å². The van der Waals surface area contributed by atoms with Gasteiger partial charge >= 0.3 is 0 Å². The average molecular weight is 821 g/mol. The van der Waals surface area contributed by atoms with Gasteiger partial charge in [-0.15, -0.1) is 0 Å². The Bertz CT molecular complexity index is 3640. The molecule has 0 atom stereocenters. The summed E-state index contributed by atoms with van der Waals surface area (Å²) in [4.78, 5) is 4.69. The fraction of sp³-hybridized carbons (Fsp3) is 0. The van der Waals surface area contributed by atoms with E-state index < -0.39 is 0 Å². The maximum Gasteiger partial charge on any atom is 0.159 e. The van der Waals surface area contributed by atoms with Gasteiger partial charge in [0.1, 0.15) is 11.2 Å². The number of anilines is 6. The van der Waals surface area contributed by atoms with Crippen LogP contribution in [0, 0.1) is 0 Å². The van der Waals surface area contributed by atoms with Crippen molar-refractivity contribution in [1.82, 2.24) is 0 Å². The highest BCUT2D eigenvalue weighted by molar-refractivity contribution is 6.12. The molecule has 12 aromatic rings. The highest BCUT2D eigenvalue weighted by Gasteiger charge is 2.24. The molecule has 0 amide bonds. The summed E-state index contributed by atoms with van der Waals surface area (Å²) in [7, 11) is 0. The molecule has 2 aromatic heterocycles. The number of fused-ring (bicyclic) bond motifs is 6. The van der Waals surface area contributed by atoms with Crippen molar-refractivity contribution in [2.75, 3.05) is 9.80 Å². The maximum atomic E-state index is 6.76. The highest BCUT2D eigenvalue weighted by Crippen LogP contribution is 2.48. The fourth-order valence-electron chi connectivity index (χ4n) is 9.29. The van der Waals surface area contributed by atoms with Gasteiger partial charge < -0.3 is 18.6 Å². The Labute approximate surface area is 371 Å². The van der Waals surface area contributed by atoms with Gasteiger partial charge in [-0.2, -0.15) is 0 Å². The van der Waals surface area contributed by atoms with Crippen molar-refractivity contribution in [3.63, 3.8) is 0 Å². The molecular weight excluding hydrogens is 781 g/mol. The van der Waals surface area contributed by atoms with Gasteiger partial charge in [0.25, 0.3) is 0 Å². The molecule has 2 heterocycles. The van der Waals surface area contributed by atoms with E-state index in [0.717, 1.165) is 111 Å². The standard InChI is InChI=1S/C60H40N2O2/c1-3-18-41(19-4-1)43-22-13-25-46(38-43)61(55-34-16-31-52-50-29-8-11-36-57(50)63-59(52)55)47-26-15-24-45(40-47)49-28-7-10-33-54(49)62(48-27-14-23-44(39-48)42-20-5-2-6-21-42)56-35-17-32-53-51-30-9-12-37-58(51)64-60(53)56/h1-40H. The van der Waals surface area contributed by atoms with E-state index in [0.29, 0.717) is 0 Å². The van der Waals surface area contributed by atoms with Crippen molar-refractivity contribution in [2.24, 2.45) is 0 Å². The minimum absolute atomic E-state index is 0.834. The summed E-state index contributed by atoms with van der Waals surface area (Å²) in [6.45, 7) is 0. The van der Waals surface area contributed by atoms with Crippen molar-refractivity contribution < 1.29 is 8.83 Å². The van der Waals surface area contributed by atoms with Gasteiger partial charge in [-0.25, -0.2) is 0 Å². The molecular formula is C60H40N2O2. The monoisotopic (exact) mass is 820 g/mol. The Morgan fingerprint density at radius 2 is 0.625 bits per heavy atom. The third kappa shape index (κ3) is 6.48. The molecule has 0 saturated carbocycles. The Morgan fingerprint density at radius 1 is 0.250 bits per heavy atom. The summed E-state index contributed by atoms with van der Waals surface area (Å²) >= 11 is 0.